The van der Waals surface area contributed by atoms with E-state index in [9.17, 15) is 9.59 Å². The lowest BCUT2D eigenvalue weighted by Crippen LogP contribution is -2.10. The van der Waals surface area contributed by atoms with E-state index in [0.29, 0.717) is 19.4 Å². The summed E-state index contributed by atoms with van der Waals surface area (Å²) < 4.78 is 0. The molecule has 0 fully saturated rings. The van der Waals surface area contributed by atoms with Gasteiger partial charge in [0.2, 0.25) is 6.41 Å². The molecule has 0 heterocycles. The summed E-state index contributed by atoms with van der Waals surface area (Å²) in [6, 6.07) is 0. The largest absolute Gasteiger partial charge is 0.358 e. The molecule has 0 aromatic rings. The van der Waals surface area contributed by atoms with Crippen LogP contribution in [0.2, 0.25) is 0 Å². The van der Waals surface area contributed by atoms with Gasteiger partial charge in [-0.3, -0.25) is 4.79 Å². The van der Waals surface area contributed by atoms with Gasteiger partial charge in [-0.05, 0) is 6.42 Å². The predicted molar refractivity (Wildman–Crippen MR) is 28.9 cm³/mol. The molecule has 1 amide bonds. The van der Waals surface area contributed by atoms with Crippen LogP contribution in [0.3, 0.4) is 0 Å². The average Bonchev–Trinajstić information content (AvgIpc) is 1.81. The first-order chi connectivity index (χ1) is 3.91. The van der Waals surface area contributed by atoms with Gasteiger partial charge in [-0.25, -0.2) is 4.79 Å². The van der Waals surface area contributed by atoms with Crippen molar-refractivity contribution in [1.29, 1.82) is 0 Å². The maximum atomic E-state index is 9.54. The fraction of sp³-hybridized carbons (Fsp3) is 0.400. The molecular formula is C5H7NO2. The highest BCUT2D eigenvalue weighted by molar-refractivity contribution is 5.47. The van der Waals surface area contributed by atoms with Crippen molar-refractivity contribution in [2.75, 3.05) is 6.54 Å². The molecule has 0 spiro atoms. The second-order valence-corrected chi connectivity index (χ2v) is 1.18. The van der Waals surface area contributed by atoms with Gasteiger partial charge in [0.1, 0.15) is 5.94 Å². The van der Waals surface area contributed by atoms with Crippen LogP contribution in [0, 0.1) is 0 Å². The summed E-state index contributed by atoms with van der Waals surface area (Å²) in [5.41, 5.74) is 0. The molecule has 3 heteroatoms. The first-order valence-electron chi connectivity index (χ1n) is 2.28. The zero-order chi connectivity index (χ0) is 6.24. The van der Waals surface area contributed by atoms with Crippen LogP contribution in [0.25, 0.3) is 0 Å². The molecule has 8 heavy (non-hydrogen) atoms. The van der Waals surface area contributed by atoms with Gasteiger partial charge in [0.05, 0.1) is 0 Å². The molecule has 0 unspecified atom stereocenters. The van der Waals surface area contributed by atoms with Gasteiger partial charge in [-0.15, -0.1) is 0 Å². The second kappa shape index (κ2) is 5.92. The summed E-state index contributed by atoms with van der Waals surface area (Å²) in [5, 5.41) is 2.39. The third-order valence-electron chi connectivity index (χ3n) is 0.600. The summed E-state index contributed by atoms with van der Waals surface area (Å²) in [6.07, 6.45) is 2.48. The smallest absolute Gasteiger partial charge is 0.207 e. The Hall–Kier alpha value is -1.08. The number of rotatable bonds is 4. The third kappa shape index (κ3) is 4.92. The maximum Gasteiger partial charge on any atom is 0.207 e. The SMILES string of the molecule is O=C=CCCNC=O. The number of hydrogen-bond acceptors (Lipinski definition) is 2. The molecular weight excluding hydrogens is 106 g/mol. The molecule has 0 aliphatic rings. The Kier molecular flexibility index (Phi) is 5.12. The Bertz CT molecular complexity index is 105. The molecule has 0 bridgehead atoms. The molecule has 0 aliphatic heterocycles. The zero-order valence-electron chi connectivity index (χ0n) is 4.39. The number of carbonyl (C=O) groups excluding carboxylic acids is 2. The van der Waals surface area contributed by atoms with Crippen molar-refractivity contribution in [2.45, 2.75) is 6.42 Å². The molecule has 3 nitrogen and oxygen atoms in total. The first-order valence-corrected chi connectivity index (χ1v) is 2.28. The second-order valence-electron chi connectivity index (χ2n) is 1.18. The van der Waals surface area contributed by atoms with E-state index in [1.165, 1.54) is 6.08 Å². The highest BCUT2D eigenvalue weighted by Gasteiger charge is 1.75. The quantitative estimate of drug-likeness (QED) is 0.304. The molecule has 0 saturated carbocycles. The fourth-order valence-corrected chi connectivity index (χ4v) is 0.273. The van der Waals surface area contributed by atoms with Crippen LogP contribution in [0.4, 0.5) is 0 Å². The zero-order valence-corrected chi connectivity index (χ0v) is 4.39. The number of nitrogens with one attached hydrogen (secondary N) is 1. The summed E-state index contributed by atoms with van der Waals surface area (Å²) in [5.74, 6) is 1.60. The van der Waals surface area contributed by atoms with E-state index in [2.05, 4.69) is 5.32 Å². The summed E-state index contributed by atoms with van der Waals surface area (Å²) in [7, 11) is 0. The lowest BCUT2D eigenvalue weighted by molar-refractivity contribution is -0.109. The van der Waals surface area contributed by atoms with Gasteiger partial charge < -0.3 is 5.32 Å². The molecule has 0 aromatic heterocycles. The first kappa shape index (κ1) is 6.92. The molecule has 0 aliphatic carbocycles. The van der Waals surface area contributed by atoms with Crippen molar-refractivity contribution < 1.29 is 9.59 Å². The van der Waals surface area contributed by atoms with Crippen molar-refractivity contribution in [1.82, 2.24) is 5.32 Å². The van der Waals surface area contributed by atoms with Crippen molar-refractivity contribution in [3.63, 3.8) is 0 Å². The van der Waals surface area contributed by atoms with Gasteiger partial charge in [0, 0.05) is 12.6 Å². The van der Waals surface area contributed by atoms with Crippen LogP contribution in [-0.4, -0.2) is 18.9 Å². The minimum absolute atomic E-state index is 0.513. The standard InChI is InChI=1S/C5H7NO2/c7-4-2-1-3-6-5-8/h2,5H,1,3H2,(H,6,8). The maximum absolute atomic E-state index is 9.54. The molecule has 0 rings (SSSR count). The summed E-state index contributed by atoms with van der Waals surface area (Å²) in [6.45, 7) is 0.513. The minimum atomic E-state index is 0.513. The Balaban J connectivity index is 2.93. The molecule has 44 valence electrons. The van der Waals surface area contributed by atoms with E-state index in [4.69, 9.17) is 0 Å². The van der Waals surface area contributed by atoms with Gasteiger partial charge in [-0.2, -0.15) is 0 Å². The summed E-state index contributed by atoms with van der Waals surface area (Å²) in [4.78, 5) is 19.0. The van der Waals surface area contributed by atoms with Crippen LogP contribution in [0.5, 0.6) is 0 Å². The van der Waals surface area contributed by atoms with E-state index in [0.717, 1.165) is 0 Å². The monoisotopic (exact) mass is 113 g/mol. The van der Waals surface area contributed by atoms with E-state index in [-0.39, 0.29) is 0 Å². The van der Waals surface area contributed by atoms with Gasteiger partial charge in [0.25, 0.3) is 0 Å². The van der Waals surface area contributed by atoms with E-state index in [1.54, 1.807) is 5.94 Å². The average molecular weight is 113 g/mol. The number of hydrogen-bond donors (Lipinski definition) is 1. The highest BCUT2D eigenvalue weighted by atomic mass is 16.1. The van der Waals surface area contributed by atoms with Gasteiger partial charge in [-0.1, -0.05) is 0 Å². The molecule has 0 atom stereocenters. The van der Waals surface area contributed by atoms with Crippen molar-refractivity contribution in [2.24, 2.45) is 0 Å². The Labute approximate surface area is 47.4 Å². The van der Waals surface area contributed by atoms with E-state index >= 15 is 0 Å². The van der Waals surface area contributed by atoms with E-state index < -0.39 is 0 Å². The predicted octanol–water partition coefficient (Wildman–Crippen LogP) is -0.490. The molecule has 0 radical (unpaired) electrons. The Morgan fingerprint density at radius 1 is 1.62 bits per heavy atom. The van der Waals surface area contributed by atoms with Crippen LogP contribution < -0.4 is 5.32 Å². The third-order valence-corrected chi connectivity index (χ3v) is 0.600. The fourth-order valence-electron chi connectivity index (χ4n) is 0.273. The van der Waals surface area contributed by atoms with Crippen molar-refractivity contribution >= 4 is 12.4 Å². The van der Waals surface area contributed by atoms with Crippen LogP contribution in [0.15, 0.2) is 6.08 Å². The van der Waals surface area contributed by atoms with Crippen LogP contribution >= 0.6 is 0 Å². The van der Waals surface area contributed by atoms with Crippen LogP contribution in [-0.2, 0) is 9.59 Å². The van der Waals surface area contributed by atoms with E-state index in [1.807, 2.05) is 0 Å². The van der Waals surface area contributed by atoms with Crippen molar-refractivity contribution in [3.8, 4) is 0 Å². The summed E-state index contributed by atoms with van der Waals surface area (Å²) >= 11 is 0. The normalized spacial score (nSPS) is 7.00. The number of carbonyl (C=O) groups is 1. The molecule has 0 aromatic carbocycles. The minimum Gasteiger partial charge on any atom is -0.358 e. The van der Waals surface area contributed by atoms with Gasteiger partial charge in [0.15, 0.2) is 0 Å². The lowest BCUT2D eigenvalue weighted by atomic mass is 10.4. The molecule has 1 N–H and O–H groups in total. The Morgan fingerprint density at radius 3 is 2.88 bits per heavy atom. The molecule has 0 saturated heterocycles. The van der Waals surface area contributed by atoms with Gasteiger partial charge >= 0.3 is 0 Å². The van der Waals surface area contributed by atoms with Crippen molar-refractivity contribution in [3.05, 3.63) is 6.08 Å². The van der Waals surface area contributed by atoms with Crippen LogP contribution in [0.1, 0.15) is 6.42 Å². The highest BCUT2D eigenvalue weighted by Crippen LogP contribution is 1.70. The number of amides is 1. The lowest BCUT2D eigenvalue weighted by Gasteiger charge is -1.86. The topological polar surface area (TPSA) is 46.2 Å². The Morgan fingerprint density at radius 2 is 2.38 bits per heavy atom.